The number of hydrogen-bond donors (Lipinski definition) is 1. The van der Waals surface area contributed by atoms with Crippen molar-refractivity contribution in [2.75, 3.05) is 0 Å². The monoisotopic (exact) mass is 293 g/mol. The molecule has 0 amide bonds. The molecule has 2 aromatic rings. The predicted molar refractivity (Wildman–Crippen MR) is 88.8 cm³/mol. The van der Waals surface area contributed by atoms with Crippen molar-refractivity contribution in [1.29, 1.82) is 0 Å². The average Bonchev–Trinajstić information content (AvgIpc) is 2.98. The maximum Gasteiger partial charge on any atom is 0.108 e. The minimum atomic E-state index is 0.0337. The molecule has 2 heteroatoms. The average molecular weight is 293 g/mol. The summed E-state index contributed by atoms with van der Waals surface area (Å²) in [4.78, 5) is 0. The van der Waals surface area contributed by atoms with E-state index in [1.807, 2.05) is 0 Å². The summed E-state index contributed by atoms with van der Waals surface area (Å²) in [5.74, 6) is 0. The normalized spacial score (nSPS) is 27.2. The van der Waals surface area contributed by atoms with Crippen LogP contribution in [0.1, 0.15) is 42.9 Å². The third-order valence-electron chi connectivity index (χ3n) is 5.04. The van der Waals surface area contributed by atoms with Crippen LogP contribution in [-0.4, -0.2) is 18.2 Å². The second-order valence-corrected chi connectivity index (χ2v) is 6.50. The Hall–Kier alpha value is -1.64. The molecule has 3 atom stereocenters. The zero-order valence-electron chi connectivity index (χ0n) is 12.8. The van der Waals surface area contributed by atoms with E-state index in [0.29, 0.717) is 12.1 Å². The summed E-state index contributed by atoms with van der Waals surface area (Å²) >= 11 is 0. The summed E-state index contributed by atoms with van der Waals surface area (Å²) in [7, 11) is 0. The van der Waals surface area contributed by atoms with E-state index in [0.717, 1.165) is 6.04 Å². The van der Waals surface area contributed by atoms with Crippen LogP contribution in [0.3, 0.4) is 0 Å². The molecule has 22 heavy (non-hydrogen) atoms. The van der Waals surface area contributed by atoms with Gasteiger partial charge in [-0.15, -0.1) is 0 Å². The largest absolute Gasteiger partial charge is 0.364 e. The number of rotatable bonds is 4. The zero-order valence-corrected chi connectivity index (χ0v) is 12.8. The molecule has 2 bridgehead atoms. The van der Waals surface area contributed by atoms with E-state index in [-0.39, 0.29) is 6.10 Å². The molecule has 0 aromatic heterocycles. The van der Waals surface area contributed by atoms with Gasteiger partial charge in [0, 0.05) is 12.1 Å². The van der Waals surface area contributed by atoms with Crippen LogP contribution in [0.15, 0.2) is 60.7 Å². The van der Waals surface area contributed by atoms with Crippen molar-refractivity contribution in [2.45, 2.75) is 50.0 Å². The predicted octanol–water partition coefficient (Wildman–Crippen LogP) is 4.08. The van der Waals surface area contributed by atoms with Crippen molar-refractivity contribution in [2.24, 2.45) is 0 Å². The summed E-state index contributed by atoms with van der Waals surface area (Å²) in [5, 5.41) is 3.72. The molecule has 3 unspecified atom stereocenters. The minimum Gasteiger partial charge on any atom is -0.364 e. The molecule has 2 saturated heterocycles. The van der Waals surface area contributed by atoms with Gasteiger partial charge in [0.1, 0.15) is 6.10 Å². The van der Waals surface area contributed by atoms with E-state index in [9.17, 15) is 0 Å². The van der Waals surface area contributed by atoms with Crippen LogP contribution in [0, 0.1) is 0 Å². The molecule has 2 nitrogen and oxygen atoms in total. The topological polar surface area (TPSA) is 21.3 Å². The molecule has 4 rings (SSSR count). The van der Waals surface area contributed by atoms with Gasteiger partial charge < -0.3 is 10.1 Å². The van der Waals surface area contributed by atoms with Gasteiger partial charge in [0.25, 0.3) is 0 Å². The van der Waals surface area contributed by atoms with Gasteiger partial charge in [-0.3, -0.25) is 0 Å². The lowest BCUT2D eigenvalue weighted by molar-refractivity contribution is -0.0252. The Morgan fingerprint density at radius 1 is 0.773 bits per heavy atom. The number of hydrogen-bond acceptors (Lipinski definition) is 2. The van der Waals surface area contributed by atoms with Crippen molar-refractivity contribution in [3.8, 4) is 0 Å². The van der Waals surface area contributed by atoms with Crippen LogP contribution < -0.4 is 5.32 Å². The molecule has 114 valence electrons. The van der Waals surface area contributed by atoms with Gasteiger partial charge in [0.15, 0.2) is 0 Å². The van der Waals surface area contributed by atoms with Gasteiger partial charge in [-0.25, -0.2) is 0 Å². The fraction of sp³-hybridized carbons (Fsp3) is 0.400. The van der Waals surface area contributed by atoms with Crippen molar-refractivity contribution < 1.29 is 4.74 Å². The Balaban J connectivity index is 1.60. The molecule has 0 saturated carbocycles. The van der Waals surface area contributed by atoms with Gasteiger partial charge >= 0.3 is 0 Å². The molecule has 0 aliphatic carbocycles. The lowest BCUT2D eigenvalue weighted by Crippen LogP contribution is -2.45. The van der Waals surface area contributed by atoms with Crippen molar-refractivity contribution >= 4 is 0 Å². The number of piperidine rings is 1. The smallest absolute Gasteiger partial charge is 0.108 e. The van der Waals surface area contributed by atoms with Gasteiger partial charge in [-0.05, 0) is 36.8 Å². The first kappa shape index (κ1) is 14.0. The molecule has 2 aromatic carbocycles. The third kappa shape index (κ3) is 2.81. The summed E-state index contributed by atoms with van der Waals surface area (Å²) in [6.07, 6.45) is 5.35. The highest BCUT2D eigenvalue weighted by atomic mass is 16.5. The summed E-state index contributed by atoms with van der Waals surface area (Å²) in [6, 6.07) is 22.5. The quantitative estimate of drug-likeness (QED) is 0.917. The maximum atomic E-state index is 6.63. The number of nitrogens with one attached hydrogen (secondary N) is 1. The SMILES string of the molecule is c1ccc(C(OC2CCC3CCC2N3)c2ccccc2)cc1. The molecular formula is C20H23NO. The second-order valence-electron chi connectivity index (χ2n) is 6.50. The van der Waals surface area contributed by atoms with Crippen LogP contribution >= 0.6 is 0 Å². The highest BCUT2D eigenvalue weighted by Gasteiger charge is 2.37. The first-order valence-electron chi connectivity index (χ1n) is 8.41. The summed E-state index contributed by atoms with van der Waals surface area (Å²) in [5.41, 5.74) is 2.49. The van der Waals surface area contributed by atoms with E-state index < -0.39 is 0 Å². The van der Waals surface area contributed by atoms with Crippen LogP contribution in [0.5, 0.6) is 0 Å². The lowest BCUT2D eigenvalue weighted by atomic mass is 9.98. The molecule has 1 N–H and O–H groups in total. The molecule has 0 spiro atoms. The van der Waals surface area contributed by atoms with Crippen molar-refractivity contribution in [3.05, 3.63) is 71.8 Å². The third-order valence-corrected chi connectivity index (χ3v) is 5.04. The molecule has 2 fully saturated rings. The molecule has 2 heterocycles. The molecule has 0 radical (unpaired) electrons. The van der Waals surface area contributed by atoms with Crippen LogP contribution in [0.25, 0.3) is 0 Å². The van der Waals surface area contributed by atoms with Gasteiger partial charge in [0.05, 0.1) is 6.10 Å². The Kier molecular flexibility index (Phi) is 3.96. The standard InChI is InChI=1S/C20H23NO/c1-3-7-15(8-4-1)20(16-9-5-2-6-10-16)22-19-14-12-17-11-13-18(19)21-17/h1-10,17-21H,11-14H2. The number of ether oxygens (including phenoxy) is 1. The highest BCUT2D eigenvalue weighted by Crippen LogP contribution is 2.34. The van der Waals surface area contributed by atoms with Gasteiger partial charge in [0.2, 0.25) is 0 Å². The second kappa shape index (κ2) is 6.23. The van der Waals surface area contributed by atoms with E-state index in [4.69, 9.17) is 4.74 Å². The Morgan fingerprint density at radius 3 is 2.00 bits per heavy atom. The van der Waals surface area contributed by atoms with Crippen LogP contribution in [0.4, 0.5) is 0 Å². The molecule has 2 aliphatic rings. The van der Waals surface area contributed by atoms with Crippen LogP contribution in [0.2, 0.25) is 0 Å². The summed E-state index contributed by atoms with van der Waals surface area (Å²) < 4.78 is 6.63. The Bertz CT molecular complexity index is 558. The molecule has 2 aliphatic heterocycles. The Morgan fingerprint density at radius 2 is 1.36 bits per heavy atom. The van der Waals surface area contributed by atoms with Crippen molar-refractivity contribution in [1.82, 2.24) is 5.32 Å². The number of benzene rings is 2. The Labute approximate surface area is 132 Å². The van der Waals surface area contributed by atoms with Gasteiger partial charge in [-0.2, -0.15) is 0 Å². The highest BCUT2D eigenvalue weighted by molar-refractivity contribution is 5.30. The van der Waals surface area contributed by atoms with E-state index >= 15 is 0 Å². The first-order valence-corrected chi connectivity index (χ1v) is 8.41. The first-order chi connectivity index (χ1) is 10.9. The fourth-order valence-electron chi connectivity index (χ4n) is 3.88. The minimum absolute atomic E-state index is 0.0337. The number of fused-ring (bicyclic) bond motifs is 2. The zero-order chi connectivity index (χ0) is 14.8. The lowest BCUT2D eigenvalue weighted by Gasteiger charge is -2.33. The van der Waals surface area contributed by atoms with E-state index in [1.165, 1.54) is 36.8 Å². The van der Waals surface area contributed by atoms with E-state index in [2.05, 4.69) is 66.0 Å². The van der Waals surface area contributed by atoms with Crippen molar-refractivity contribution in [3.63, 3.8) is 0 Å². The molecular weight excluding hydrogens is 270 g/mol. The van der Waals surface area contributed by atoms with Crippen LogP contribution in [-0.2, 0) is 4.74 Å². The van der Waals surface area contributed by atoms with Gasteiger partial charge in [-0.1, -0.05) is 60.7 Å². The fourth-order valence-corrected chi connectivity index (χ4v) is 3.88. The maximum absolute atomic E-state index is 6.63. The summed E-state index contributed by atoms with van der Waals surface area (Å²) in [6.45, 7) is 0. The van der Waals surface area contributed by atoms with E-state index in [1.54, 1.807) is 0 Å².